The van der Waals surface area contributed by atoms with Crippen molar-refractivity contribution < 1.29 is 14.3 Å². The van der Waals surface area contributed by atoms with Crippen LogP contribution in [-0.4, -0.2) is 33.2 Å². The monoisotopic (exact) mass is 312 g/mol. The van der Waals surface area contributed by atoms with Gasteiger partial charge in [0.05, 0.1) is 0 Å². The van der Waals surface area contributed by atoms with Gasteiger partial charge in [0.25, 0.3) is 5.91 Å². The van der Waals surface area contributed by atoms with Gasteiger partial charge < -0.3 is 19.7 Å². The molecule has 1 amide bonds. The van der Waals surface area contributed by atoms with E-state index in [0.717, 1.165) is 22.7 Å². The summed E-state index contributed by atoms with van der Waals surface area (Å²) in [6.07, 6.45) is 0. The number of nitrogens with zero attached hydrogens (tertiary/aromatic N) is 1. The second-order valence-electron chi connectivity index (χ2n) is 5.71. The number of carbonyl (C=O) groups excluding carboxylic acids is 1. The summed E-state index contributed by atoms with van der Waals surface area (Å²) in [6, 6.07) is 11.2. The van der Waals surface area contributed by atoms with Crippen LogP contribution >= 0.6 is 0 Å². The number of fused-ring (bicyclic) bond motifs is 1. The highest BCUT2D eigenvalue weighted by atomic mass is 16.6. The third-order valence-corrected chi connectivity index (χ3v) is 3.78. The molecule has 0 aromatic heterocycles. The summed E-state index contributed by atoms with van der Waals surface area (Å²) >= 11 is 0. The molecular weight excluding hydrogens is 292 g/mol. The van der Waals surface area contributed by atoms with E-state index in [4.69, 9.17) is 9.47 Å². The predicted molar refractivity (Wildman–Crippen MR) is 90.9 cm³/mol. The van der Waals surface area contributed by atoms with Crippen LogP contribution in [-0.2, 0) is 0 Å². The van der Waals surface area contributed by atoms with Crippen molar-refractivity contribution in [2.24, 2.45) is 0 Å². The molecule has 0 radical (unpaired) electrons. The standard InChI is InChI=1S/C18H20N2O3/c1-12-10-16-17(23-9-8-22-16)11-15(12)19-18(21)13-4-6-14(7-5-13)20(2)3/h4-7,10-11H,8-9H2,1-3H3,(H,19,21). The molecule has 1 aliphatic rings. The fraction of sp³-hybridized carbons (Fsp3) is 0.278. The van der Waals surface area contributed by atoms with Gasteiger partial charge in [-0.15, -0.1) is 0 Å². The van der Waals surface area contributed by atoms with E-state index in [1.165, 1.54) is 0 Å². The van der Waals surface area contributed by atoms with Crippen LogP contribution in [0, 0.1) is 6.92 Å². The lowest BCUT2D eigenvalue weighted by atomic mass is 10.1. The summed E-state index contributed by atoms with van der Waals surface area (Å²) < 4.78 is 11.1. The molecule has 0 atom stereocenters. The summed E-state index contributed by atoms with van der Waals surface area (Å²) in [5.41, 5.74) is 3.34. The van der Waals surface area contributed by atoms with Gasteiger partial charge in [-0.25, -0.2) is 0 Å². The highest BCUT2D eigenvalue weighted by molar-refractivity contribution is 6.05. The molecule has 0 fully saturated rings. The molecule has 3 rings (SSSR count). The molecule has 2 aromatic carbocycles. The van der Waals surface area contributed by atoms with Crippen LogP contribution in [0.4, 0.5) is 11.4 Å². The van der Waals surface area contributed by atoms with Crippen LogP contribution in [0.25, 0.3) is 0 Å². The van der Waals surface area contributed by atoms with Gasteiger partial charge in [0.15, 0.2) is 11.5 Å². The van der Waals surface area contributed by atoms with Crippen LogP contribution in [0.1, 0.15) is 15.9 Å². The van der Waals surface area contributed by atoms with E-state index in [1.807, 2.05) is 62.3 Å². The van der Waals surface area contributed by atoms with Gasteiger partial charge in [-0.3, -0.25) is 4.79 Å². The van der Waals surface area contributed by atoms with Crippen molar-refractivity contribution in [3.05, 3.63) is 47.5 Å². The van der Waals surface area contributed by atoms with Gasteiger partial charge in [-0.05, 0) is 42.8 Å². The Bertz CT molecular complexity index is 724. The van der Waals surface area contributed by atoms with Gasteiger partial charge in [-0.2, -0.15) is 0 Å². The van der Waals surface area contributed by atoms with Crippen molar-refractivity contribution >= 4 is 17.3 Å². The Morgan fingerprint density at radius 1 is 1.04 bits per heavy atom. The van der Waals surface area contributed by atoms with Crippen molar-refractivity contribution in [2.75, 3.05) is 37.5 Å². The summed E-state index contributed by atoms with van der Waals surface area (Å²) in [5, 5.41) is 2.94. The number of aryl methyl sites for hydroxylation is 1. The molecule has 1 N–H and O–H groups in total. The number of ether oxygens (including phenoxy) is 2. The molecule has 5 nitrogen and oxygen atoms in total. The minimum absolute atomic E-state index is 0.143. The molecule has 0 aliphatic carbocycles. The molecule has 0 bridgehead atoms. The Labute approximate surface area is 135 Å². The van der Waals surface area contributed by atoms with Crippen LogP contribution in [0.3, 0.4) is 0 Å². The number of hydrogen-bond donors (Lipinski definition) is 1. The fourth-order valence-corrected chi connectivity index (χ4v) is 2.43. The Kier molecular flexibility index (Phi) is 4.10. The third-order valence-electron chi connectivity index (χ3n) is 3.78. The number of hydrogen-bond acceptors (Lipinski definition) is 4. The zero-order chi connectivity index (χ0) is 16.4. The SMILES string of the molecule is Cc1cc2c(cc1NC(=O)c1ccc(N(C)C)cc1)OCCO2. The maximum Gasteiger partial charge on any atom is 0.255 e. The van der Waals surface area contributed by atoms with Crippen molar-refractivity contribution in [1.82, 2.24) is 0 Å². The zero-order valence-corrected chi connectivity index (χ0v) is 13.6. The molecule has 1 aliphatic heterocycles. The molecule has 5 heteroatoms. The van der Waals surface area contributed by atoms with E-state index in [-0.39, 0.29) is 5.91 Å². The van der Waals surface area contributed by atoms with Gasteiger partial charge in [0, 0.05) is 37.1 Å². The van der Waals surface area contributed by atoms with Crippen LogP contribution in [0.5, 0.6) is 11.5 Å². The first-order chi connectivity index (χ1) is 11.0. The fourth-order valence-electron chi connectivity index (χ4n) is 2.43. The normalized spacial score (nSPS) is 12.7. The van der Waals surface area contributed by atoms with Crippen molar-refractivity contribution in [1.29, 1.82) is 0 Å². The number of carbonyl (C=O) groups is 1. The summed E-state index contributed by atoms with van der Waals surface area (Å²) in [6.45, 7) is 3.01. The molecule has 0 spiro atoms. The topological polar surface area (TPSA) is 50.8 Å². The molecule has 0 saturated carbocycles. The highest BCUT2D eigenvalue weighted by Gasteiger charge is 2.16. The molecule has 120 valence electrons. The molecular formula is C18H20N2O3. The Morgan fingerprint density at radius 3 is 2.26 bits per heavy atom. The van der Waals surface area contributed by atoms with Gasteiger partial charge in [-0.1, -0.05) is 0 Å². The lowest BCUT2D eigenvalue weighted by Crippen LogP contribution is -2.17. The van der Waals surface area contributed by atoms with Gasteiger partial charge in [0.1, 0.15) is 13.2 Å². The summed E-state index contributed by atoms with van der Waals surface area (Å²) in [7, 11) is 3.93. The number of nitrogens with one attached hydrogen (secondary N) is 1. The molecule has 0 unspecified atom stereocenters. The smallest absolute Gasteiger partial charge is 0.255 e. The number of anilines is 2. The van der Waals surface area contributed by atoms with Crippen molar-refractivity contribution in [3.8, 4) is 11.5 Å². The van der Waals surface area contributed by atoms with Crippen LogP contribution in [0.2, 0.25) is 0 Å². The predicted octanol–water partition coefficient (Wildman–Crippen LogP) is 3.08. The van der Waals surface area contributed by atoms with E-state index >= 15 is 0 Å². The second kappa shape index (κ2) is 6.20. The average molecular weight is 312 g/mol. The minimum atomic E-state index is -0.143. The Hall–Kier alpha value is -2.69. The van der Waals surface area contributed by atoms with Crippen LogP contribution < -0.4 is 19.7 Å². The van der Waals surface area contributed by atoms with Crippen molar-refractivity contribution in [3.63, 3.8) is 0 Å². The van der Waals surface area contributed by atoms with Crippen molar-refractivity contribution in [2.45, 2.75) is 6.92 Å². The maximum absolute atomic E-state index is 12.4. The minimum Gasteiger partial charge on any atom is -0.486 e. The van der Waals surface area contributed by atoms with Gasteiger partial charge in [0.2, 0.25) is 0 Å². The Balaban J connectivity index is 1.79. The number of rotatable bonds is 3. The summed E-state index contributed by atoms with van der Waals surface area (Å²) in [5.74, 6) is 1.25. The molecule has 1 heterocycles. The Morgan fingerprint density at radius 2 is 1.65 bits per heavy atom. The lowest BCUT2D eigenvalue weighted by Gasteiger charge is -2.20. The van der Waals surface area contributed by atoms with E-state index in [2.05, 4.69) is 5.32 Å². The quantitative estimate of drug-likeness (QED) is 0.946. The first-order valence-electron chi connectivity index (χ1n) is 7.53. The number of amides is 1. The van der Waals surface area contributed by atoms with E-state index < -0.39 is 0 Å². The maximum atomic E-state index is 12.4. The largest absolute Gasteiger partial charge is 0.486 e. The molecule has 23 heavy (non-hydrogen) atoms. The van der Waals surface area contributed by atoms with E-state index in [9.17, 15) is 4.79 Å². The zero-order valence-electron chi connectivity index (χ0n) is 13.6. The van der Waals surface area contributed by atoms with Crippen LogP contribution in [0.15, 0.2) is 36.4 Å². The summed E-state index contributed by atoms with van der Waals surface area (Å²) in [4.78, 5) is 14.4. The third kappa shape index (κ3) is 3.23. The van der Waals surface area contributed by atoms with E-state index in [0.29, 0.717) is 24.5 Å². The highest BCUT2D eigenvalue weighted by Crippen LogP contribution is 2.35. The molecule has 2 aromatic rings. The second-order valence-corrected chi connectivity index (χ2v) is 5.71. The van der Waals surface area contributed by atoms with Gasteiger partial charge >= 0.3 is 0 Å². The molecule has 0 saturated heterocycles. The van der Waals surface area contributed by atoms with E-state index in [1.54, 1.807) is 0 Å². The first kappa shape index (κ1) is 15.2. The lowest BCUT2D eigenvalue weighted by molar-refractivity contribution is 0.102. The average Bonchev–Trinajstić information content (AvgIpc) is 2.55. The first-order valence-corrected chi connectivity index (χ1v) is 7.53. The number of benzene rings is 2.